The van der Waals surface area contributed by atoms with Crippen LogP contribution in [0.15, 0.2) is 53.6 Å². The van der Waals surface area contributed by atoms with Gasteiger partial charge in [-0.25, -0.2) is 13.4 Å². The van der Waals surface area contributed by atoms with Crippen LogP contribution >= 0.6 is 12.4 Å². The number of hydrogen-bond donors (Lipinski definition) is 2. The van der Waals surface area contributed by atoms with Crippen LogP contribution in [-0.4, -0.2) is 36.7 Å². The third kappa shape index (κ3) is 4.51. The number of anilines is 2. The first-order valence-corrected chi connectivity index (χ1v) is 9.48. The number of amides is 1. The topological polar surface area (TPSA) is 105 Å². The van der Waals surface area contributed by atoms with Gasteiger partial charge in [-0.2, -0.15) is 4.31 Å². The van der Waals surface area contributed by atoms with Crippen molar-refractivity contribution in [1.82, 2.24) is 9.29 Å². The second kappa shape index (κ2) is 8.48. The van der Waals surface area contributed by atoms with Gasteiger partial charge in [-0.05, 0) is 37.1 Å². The maximum absolute atomic E-state index is 12.7. The van der Waals surface area contributed by atoms with E-state index in [1.54, 1.807) is 42.5 Å². The lowest BCUT2D eigenvalue weighted by Crippen LogP contribution is -2.43. The Kier molecular flexibility index (Phi) is 6.57. The standard InChI is InChI=1S/C17H20N4O3S.ClH/c18-16-9-8-14(11-19-16)20-17(22)13-5-4-10-21(12-13)25(23,24)15-6-2-1-3-7-15;/h1-3,6-9,11,13H,4-5,10,12H2,(H2,18,19)(H,20,22);1H. The molecule has 1 aliphatic heterocycles. The van der Waals surface area contributed by atoms with Crippen LogP contribution < -0.4 is 11.1 Å². The fourth-order valence-corrected chi connectivity index (χ4v) is 4.38. The van der Waals surface area contributed by atoms with E-state index in [0.717, 1.165) is 0 Å². The van der Waals surface area contributed by atoms with Crippen LogP contribution in [0.1, 0.15) is 12.8 Å². The minimum absolute atomic E-state index is 0. The van der Waals surface area contributed by atoms with Crippen LogP contribution in [0.4, 0.5) is 11.5 Å². The third-order valence-corrected chi connectivity index (χ3v) is 6.07. The summed E-state index contributed by atoms with van der Waals surface area (Å²) in [4.78, 5) is 16.6. The second-order valence-corrected chi connectivity index (χ2v) is 7.91. The molecule has 0 saturated carbocycles. The highest BCUT2D eigenvalue weighted by atomic mass is 35.5. The van der Waals surface area contributed by atoms with Crippen molar-refractivity contribution >= 4 is 39.8 Å². The Balaban J connectivity index is 0.00000243. The van der Waals surface area contributed by atoms with Gasteiger partial charge in [-0.3, -0.25) is 4.79 Å². The summed E-state index contributed by atoms with van der Waals surface area (Å²) in [7, 11) is -3.58. The maximum Gasteiger partial charge on any atom is 0.243 e. The average Bonchev–Trinajstić information content (AvgIpc) is 2.64. The smallest absolute Gasteiger partial charge is 0.243 e. The minimum atomic E-state index is -3.58. The number of carbonyl (C=O) groups is 1. The molecule has 0 spiro atoms. The monoisotopic (exact) mass is 396 g/mol. The van der Waals surface area contributed by atoms with Crippen molar-refractivity contribution in [2.75, 3.05) is 24.1 Å². The van der Waals surface area contributed by atoms with Crippen molar-refractivity contribution in [3.05, 3.63) is 48.7 Å². The molecule has 0 bridgehead atoms. The van der Waals surface area contributed by atoms with E-state index in [4.69, 9.17) is 5.73 Å². The molecule has 1 amide bonds. The predicted octanol–water partition coefficient (Wildman–Crippen LogP) is 2.12. The Morgan fingerprint density at radius 3 is 2.58 bits per heavy atom. The van der Waals surface area contributed by atoms with Gasteiger partial charge in [0.25, 0.3) is 0 Å². The molecule has 1 saturated heterocycles. The number of nitrogens with zero attached hydrogens (tertiary/aromatic N) is 2. The van der Waals surface area contributed by atoms with E-state index in [-0.39, 0.29) is 29.8 Å². The Morgan fingerprint density at radius 1 is 1.19 bits per heavy atom. The highest BCUT2D eigenvalue weighted by molar-refractivity contribution is 7.89. The summed E-state index contributed by atoms with van der Waals surface area (Å²) in [6.45, 7) is 0.593. The molecule has 3 rings (SSSR count). The van der Waals surface area contributed by atoms with Gasteiger partial charge in [0.05, 0.1) is 22.7 Å². The molecule has 140 valence electrons. The van der Waals surface area contributed by atoms with Crippen LogP contribution in [-0.2, 0) is 14.8 Å². The molecule has 1 atom stereocenters. The van der Waals surface area contributed by atoms with E-state index in [2.05, 4.69) is 10.3 Å². The van der Waals surface area contributed by atoms with E-state index in [0.29, 0.717) is 30.9 Å². The molecule has 1 aliphatic rings. The molecule has 1 aromatic carbocycles. The van der Waals surface area contributed by atoms with Crippen molar-refractivity contribution < 1.29 is 13.2 Å². The number of piperidine rings is 1. The number of aromatic nitrogens is 1. The molecular weight excluding hydrogens is 376 g/mol. The van der Waals surface area contributed by atoms with Crippen molar-refractivity contribution in [3.8, 4) is 0 Å². The van der Waals surface area contributed by atoms with Crippen molar-refractivity contribution in [3.63, 3.8) is 0 Å². The lowest BCUT2D eigenvalue weighted by Gasteiger charge is -2.31. The fourth-order valence-electron chi connectivity index (χ4n) is 2.84. The normalized spacial score (nSPS) is 17.9. The first-order chi connectivity index (χ1) is 12.0. The summed E-state index contributed by atoms with van der Waals surface area (Å²) in [5.41, 5.74) is 6.07. The fraction of sp³-hybridized carbons (Fsp3) is 0.294. The van der Waals surface area contributed by atoms with Gasteiger partial charge in [0.1, 0.15) is 5.82 Å². The van der Waals surface area contributed by atoms with E-state index in [9.17, 15) is 13.2 Å². The molecule has 2 heterocycles. The van der Waals surface area contributed by atoms with Gasteiger partial charge in [0, 0.05) is 13.1 Å². The molecule has 3 N–H and O–H groups in total. The number of nitrogen functional groups attached to an aromatic ring is 1. The zero-order valence-corrected chi connectivity index (χ0v) is 15.7. The number of sulfonamides is 1. The highest BCUT2D eigenvalue weighted by Crippen LogP contribution is 2.24. The summed E-state index contributed by atoms with van der Waals surface area (Å²) in [6.07, 6.45) is 2.77. The predicted molar refractivity (Wildman–Crippen MR) is 102 cm³/mol. The summed E-state index contributed by atoms with van der Waals surface area (Å²) < 4.78 is 26.8. The molecule has 7 nitrogen and oxygen atoms in total. The van der Waals surface area contributed by atoms with E-state index < -0.39 is 15.9 Å². The van der Waals surface area contributed by atoms with Crippen LogP contribution in [0.3, 0.4) is 0 Å². The SMILES string of the molecule is Cl.Nc1ccc(NC(=O)C2CCCN(S(=O)(=O)c3ccccc3)C2)cn1. The zero-order valence-electron chi connectivity index (χ0n) is 14.0. The second-order valence-electron chi connectivity index (χ2n) is 5.98. The maximum atomic E-state index is 12.7. The van der Waals surface area contributed by atoms with Crippen LogP contribution in [0.25, 0.3) is 0 Å². The molecule has 2 aromatic rings. The Morgan fingerprint density at radius 2 is 1.92 bits per heavy atom. The Bertz CT molecular complexity index is 844. The number of hydrogen-bond acceptors (Lipinski definition) is 5. The minimum Gasteiger partial charge on any atom is -0.384 e. The Labute approximate surface area is 159 Å². The molecular formula is C17H21ClN4O3S. The largest absolute Gasteiger partial charge is 0.384 e. The molecule has 1 unspecified atom stereocenters. The molecule has 1 aromatic heterocycles. The zero-order chi connectivity index (χ0) is 17.9. The number of carbonyl (C=O) groups excluding carboxylic acids is 1. The van der Waals surface area contributed by atoms with Gasteiger partial charge in [-0.15, -0.1) is 12.4 Å². The lowest BCUT2D eigenvalue weighted by atomic mass is 9.99. The quantitative estimate of drug-likeness (QED) is 0.823. The summed E-state index contributed by atoms with van der Waals surface area (Å²) in [6, 6.07) is 11.6. The van der Waals surface area contributed by atoms with E-state index in [1.807, 2.05) is 0 Å². The van der Waals surface area contributed by atoms with E-state index >= 15 is 0 Å². The molecule has 0 aliphatic carbocycles. The summed E-state index contributed by atoms with van der Waals surface area (Å²) in [5, 5.41) is 2.77. The number of halogens is 1. The van der Waals surface area contributed by atoms with Crippen LogP contribution in [0.5, 0.6) is 0 Å². The van der Waals surface area contributed by atoms with Crippen LogP contribution in [0, 0.1) is 5.92 Å². The number of rotatable bonds is 4. The lowest BCUT2D eigenvalue weighted by molar-refractivity contribution is -0.120. The van der Waals surface area contributed by atoms with Crippen molar-refractivity contribution in [2.24, 2.45) is 5.92 Å². The van der Waals surface area contributed by atoms with Crippen molar-refractivity contribution in [2.45, 2.75) is 17.7 Å². The number of nitrogens with two attached hydrogens (primary N) is 1. The first kappa shape index (κ1) is 20.2. The molecule has 9 heteroatoms. The number of benzene rings is 1. The third-order valence-electron chi connectivity index (χ3n) is 4.19. The molecule has 0 radical (unpaired) electrons. The number of pyridine rings is 1. The van der Waals surface area contributed by atoms with Crippen LogP contribution in [0.2, 0.25) is 0 Å². The summed E-state index contributed by atoms with van der Waals surface area (Å²) >= 11 is 0. The van der Waals surface area contributed by atoms with Crippen molar-refractivity contribution in [1.29, 1.82) is 0 Å². The summed E-state index contributed by atoms with van der Waals surface area (Å²) in [5.74, 6) is -0.236. The average molecular weight is 397 g/mol. The van der Waals surface area contributed by atoms with Gasteiger partial charge < -0.3 is 11.1 Å². The number of nitrogens with one attached hydrogen (secondary N) is 1. The van der Waals surface area contributed by atoms with Gasteiger partial charge in [-0.1, -0.05) is 18.2 Å². The Hall–Kier alpha value is -2.16. The van der Waals surface area contributed by atoms with Gasteiger partial charge in [0.2, 0.25) is 15.9 Å². The van der Waals surface area contributed by atoms with Gasteiger partial charge >= 0.3 is 0 Å². The molecule has 1 fully saturated rings. The highest BCUT2D eigenvalue weighted by Gasteiger charge is 2.33. The molecule has 26 heavy (non-hydrogen) atoms. The van der Waals surface area contributed by atoms with Gasteiger partial charge in [0.15, 0.2) is 0 Å². The van der Waals surface area contributed by atoms with E-state index in [1.165, 1.54) is 10.5 Å². The first-order valence-electron chi connectivity index (χ1n) is 8.04.